The lowest BCUT2D eigenvalue weighted by Gasteiger charge is -2.14. The number of aryl methyl sites for hydroxylation is 4. The molecule has 3 aromatic rings. The molecule has 7 nitrogen and oxygen atoms in total. The van der Waals surface area contributed by atoms with Gasteiger partial charge in [-0.15, -0.1) is 0 Å². The topological polar surface area (TPSA) is 81.8 Å². The molecule has 0 saturated heterocycles. The summed E-state index contributed by atoms with van der Waals surface area (Å²) in [6, 6.07) is 4.11. The van der Waals surface area contributed by atoms with Gasteiger partial charge in [0, 0.05) is 19.3 Å². The van der Waals surface area contributed by atoms with E-state index in [1.165, 1.54) is 17.3 Å². The van der Waals surface area contributed by atoms with Gasteiger partial charge >= 0.3 is 0 Å². The highest BCUT2D eigenvalue weighted by Gasteiger charge is 2.16. The zero-order valence-electron chi connectivity index (χ0n) is 18.4. The molecule has 3 rings (SSSR count). The number of carbonyl (C=O) groups is 1. The normalized spacial score (nSPS) is 11.4. The van der Waals surface area contributed by atoms with Crippen LogP contribution in [0.2, 0.25) is 0 Å². The number of nitrogens with zero attached hydrogens (tertiary/aromatic N) is 4. The van der Waals surface area contributed by atoms with Crippen LogP contribution in [0.25, 0.3) is 11.0 Å². The van der Waals surface area contributed by atoms with Crippen molar-refractivity contribution < 1.29 is 4.79 Å². The first-order valence-electron chi connectivity index (χ1n) is 10.1. The van der Waals surface area contributed by atoms with Crippen LogP contribution >= 0.6 is 11.8 Å². The van der Waals surface area contributed by atoms with Gasteiger partial charge in [0.15, 0.2) is 10.7 Å². The third-order valence-corrected chi connectivity index (χ3v) is 5.88. The first kappa shape index (κ1) is 22.1. The van der Waals surface area contributed by atoms with E-state index in [1.807, 2.05) is 20.8 Å². The number of nitrogens with one attached hydrogen (secondary N) is 1. The summed E-state index contributed by atoms with van der Waals surface area (Å²) in [5.41, 5.74) is 4.84. The Morgan fingerprint density at radius 1 is 1.20 bits per heavy atom. The number of carbonyl (C=O) groups excluding carboxylic acids is 1. The zero-order chi connectivity index (χ0) is 22.0. The summed E-state index contributed by atoms with van der Waals surface area (Å²) in [7, 11) is 1.77. The smallest absolute Gasteiger partial charge is 0.282 e. The van der Waals surface area contributed by atoms with Crippen LogP contribution in [0, 0.1) is 26.7 Å². The molecule has 0 spiro atoms. The predicted molar refractivity (Wildman–Crippen MR) is 122 cm³/mol. The third-order valence-electron chi connectivity index (χ3n) is 4.91. The monoisotopic (exact) mass is 427 g/mol. The van der Waals surface area contributed by atoms with E-state index >= 15 is 0 Å². The molecule has 160 valence electrons. The van der Waals surface area contributed by atoms with Gasteiger partial charge in [0.25, 0.3) is 5.56 Å². The van der Waals surface area contributed by atoms with Crippen LogP contribution in [0.15, 0.2) is 28.3 Å². The van der Waals surface area contributed by atoms with E-state index in [1.54, 1.807) is 22.5 Å². The van der Waals surface area contributed by atoms with Crippen molar-refractivity contribution in [2.24, 2.45) is 13.0 Å². The molecule has 0 saturated carbocycles. The second kappa shape index (κ2) is 9.04. The average molecular weight is 428 g/mol. The van der Waals surface area contributed by atoms with Gasteiger partial charge in [0.05, 0.1) is 11.9 Å². The van der Waals surface area contributed by atoms with Crippen LogP contribution in [-0.4, -0.2) is 31.0 Å². The lowest BCUT2D eigenvalue weighted by atomic mass is 10.1. The third kappa shape index (κ3) is 4.92. The number of thioether (sulfide) groups is 1. The first-order chi connectivity index (χ1) is 14.2. The Bertz CT molecular complexity index is 1120. The van der Waals surface area contributed by atoms with Crippen molar-refractivity contribution in [2.75, 3.05) is 11.1 Å². The molecule has 1 N–H and O–H groups in total. The summed E-state index contributed by atoms with van der Waals surface area (Å²) in [5, 5.41) is 7.81. The maximum Gasteiger partial charge on any atom is 0.282 e. The summed E-state index contributed by atoms with van der Waals surface area (Å²) in [6.07, 6.45) is 2.58. The van der Waals surface area contributed by atoms with Gasteiger partial charge < -0.3 is 5.32 Å². The van der Waals surface area contributed by atoms with E-state index < -0.39 is 0 Å². The maximum atomic E-state index is 13.0. The minimum atomic E-state index is -0.158. The number of amides is 1. The molecule has 1 aromatic carbocycles. The Balaban J connectivity index is 1.83. The minimum Gasteiger partial charge on any atom is -0.325 e. The van der Waals surface area contributed by atoms with Crippen LogP contribution < -0.4 is 10.9 Å². The standard InChI is InChI=1S/C22H29N5O2S/c1-13(2)7-8-27-21(29)20-17(11-26(6)25-20)23-22(27)30-12-18(28)24-19-15(4)9-14(3)10-16(19)5/h9-11,13H,7-8,12H2,1-6H3,(H,24,28). The number of anilines is 1. The Hall–Kier alpha value is -2.61. The molecule has 8 heteroatoms. The van der Waals surface area contributed by atoms with Gasteiger partial charge in [-0.05, 0) is 44.2 Å². The number of hydrogen-bond acceptors (Lipinski definition) is 5. The Morgan fingerprint density at radius 3 is 2.50 bits per heavy atom. The quantitative estimate of drug-likeness (QED) is 0.458. The van der Waals surface area contributed by atoms with Crippen molar-refractivity contribution in [2.45, 2.75) is 52.7 Å². The SMILES string of the molecule is Cc1cc(C)c(NC(=O)CSc2nc3cn(C)nc3c(=O)n2CCC(C)C)c(C)c1. The lowest BCUT2D eigenvalue weighted by molar-refractivity contribution is -0.113. The van der Waals surface area contributed by atoms with E-state index in [2.05, 4.69) is 41.4 Å². The minimum absolute atomic E-state index is 0.119. The lowest BCUT2D eigenvalue weighted by Crippen LogP contribution is -2.25. The highest BCUT2D eigenvalue weighted by molar-refractivity contribution is 7.99. The van der Waals surface area contributed by atoms with Crippen molar-refractivity contribution >= 4 is 34.4 Å². The number of rotatable bonds is 7. The second-order valence-corrected chi connectivity index (χ2v) is 9.12. The molecule has 0 radical (unpaired) electrons. The molecule has 0 aliphatic carbocycles. The van der Waals surface area contributed by atoms with Crippen molar-refractivity contribution in [1.82, 2.24) is 19.3 Å². The summed E-state index contributed by atoms with van der Waals surface area (Å²) in [4.78, 5) is 30.2. The summed E-state index contributed by atoms with van der Waals surface area (Å²) in [5.74, 6) is 0.503. The fraction of sp³-hybridized carbons (Fsp3) is 0.455. The molecule has 1 amide bonds. The van der Waals surface area contributed by atoms with Gasteiger partial charge in [-0.3, -0.25) is 18.8 Å². The largest absolute Gasteiger partial charge is 0.325 e. The van der Waals surface area contributed by atoms with Gasteiger partial charge in [0.2, 0.25) is 5.91 Å². The first-order valence-corrected chi connectivity index (χ1v) is 11.1. The maximum absolute atomic E-state index is 13.0. The number of aromatic nitrogens is 4. The molecule has 0 aliphatic heterocycles. The molecular formula is C22H29N5O2S. The predicted octanol–water partition coefficient (Wildman–Crippen LogP) is 3.83. The second-order valence-electron chi connectivity index (χ2n) is 8.18. The van der Waals surface area contributed by atoms with Crippen LogP contribution in [0.5, 0.6) is 0 Å². The van der Waals surface area contributed by atoms with Crippen molar-refractivity contribution in [3.05, 3.63) is 45.4 Å². The van der Waals surface area contributed by atoms with Gasteiger partial charge in [-0.2, -0.15) is 5.10 Å². The van der Waals surface area contributed by atoms with Gasteiger partial charge in [0.1, 0.15) is 5.52 Å². The molecule has 2 heterocycles. The van der Waals surface area contributed by atoms with E-state index in [0.29, 0.717) is 28.7 Å². The molecule has 0 fully saturated rings. The summed E-state index contributed by atoms with van der Waals surface area (Å²) >= 11 is 1.28. The molecule has 30 heavy (non-hydrogen) atoms. The Morgan fingerprint density at radius 2 is 1.87 bits per heavy atom. The van der Waals surface area contributed by atoms with Crippen LogP contribution in [0.3, 0.4) is 0 Å². The average Bonchev–Trinajstić information content (AvgIpc) is 3.02. The Labute approximate surface area is 180 Å². The summed E-state index contributed by atoms with van der Waals surface area (Å²) in [6.45, 7) is 10.8. The molecular weight excluding hydrogens is 398 g/mol. The van der Waals surface area contributed by atoms with E-state index in [0.717, 1.165) is 23.2 Å². The van der Waals surface area contributed by atoms with Crippen molar-refractivity contribution in [1.29, 1.82) is 0 Å². The Kier molecular flexibility index (Phi) is 6.65. The van der Waals surface area contributed by atoms with Crippen LogP contribution in [0.4, 0.5) is 5.69 Å². The fourth-order valence-electron chi connectivity index (χ4n) is 3.47. The molecule has 0 bridgehead atoms. The van der Waals surface area contributed by atoms with Crippen molar-refractivity contribution in [3.8, 4) is 0 Å². The highest BCUT2D eigenvalue weighted by atomic mass is 32.2. The molecule has 0 atom stereocenters. The van der Waals surface area contributed by atoms with E-state index in [-0.39, 0.29) is 17.2 Å². The van der Waals surface area contributed by atoms with E-state index in [9.17, 15) is 9.59 Å². The fourth-order valence-corrected chi connectivity index (χ4v) is 4.29. The highest BCUT2D eigenvalue weighted by Crippen LogP contribution is 2.23. The van der Waals surface area contributed by atoms with Gasteiger partial charge in [-0.1, -0.05) is 43.3 Å². The number of benzene rings is 1. The van der Waals surface area contributed by atoms with Crippen LogP contribution in [0.1, 0.15) is 37.0 Å². The van der Waals surface area contributed by atoms with Crippen LogP contribution in [-0.2, 0) is 18.4 Å². The number of hydrogen-bond donors (Lipinski definition) is 1. The zero-order valence-corrected chi connectivity index (χ0v) is 19.3. The number of fused-ring (bicyclic) bond motifs is 1. The van der Waals surface area contributed by atoms with Crippen molar-refractivity contribution in [3.63, 3.8) is 0 Å². The summed E-state index contributed by atoms with van der Waals surface area (Å²) < 4.78 is 3.24. The van der Waals surface area contributed by atoms with E-state index in [4.69, 9.17) is 0 Å². The molecule has 0 unspecified atom stereocenters. The molecule has 2 aromatic heterocycles. The van der Waals surface area contributed by atoms with Gasteiger partial charge in [-0.25, -0.2) is 4.98 Å². The molecule has 0 aliphatic rings.